The number of likely N-dealkylation sites (tertiary alicyclic amines) is 1. The number of carbonyl (C=O) groups excluding carboxylic acids is 2. The molecule has 1 saturated heterocycles. The number of piperidine rings is 1. The van der Waals surface area contributed by atoms with E-state index >= 15 is 0 Å². The first-order chi connectivity index (χ1) is 10.0. The lowest BCUT2D eigenvalue weighted by atomic mass is 9.97. The van der Waals surface area contributed by atoms with Gasteiger partial charge in [0.1, 0.15) is 12.2 Å². The lowest BCUT2D eigenvalue weighted by Gasteiger charge is -2.31. The van der Waals surface area contributed by atoms with Gasteiger partial charge in [-0.1, -0.05) is 12.1 Å². The van der Waals surface area contributed by atoms with Gasteiger partial charge in [-0.15, -0.1) is 5.10 Å². The zero-order valence-corrected chi connectivity index (χ0v) is 12.1. The summed E-state index contributed by atoms with van der Waals surface area (Å²) in [5, 5.41) is 17.3. The summed E-state index contributed by atoms with van der Waals surface area (Å²) in [6.07, 6.45) is 2.95. The maximum atomic E-state index is 12.2. The van der Waals surface area contributed by atoms with Crippen LogP contribution >= 0.6 is 0 Å². The van der Waals surface area contributed by atoms with Crippen LogP contribution in [0, 0.1) is 5.92 Å². The second-order valence-corrected chi connectivity index (χ2v) is 5.35. The van der Waals surface area contributed by atoms with Crippen molar-refractivity contribution in [3.8, 4) is 0 Å². The molecule has 0 aliphatic carbocycles. The first-order valence-corrected chi connectivity index (χ1v) is 7.16. The summed E-state index contributed by atoms with van der Waals surface area (Å²) >= 11 is 0. The molecule has 2 atom stereocenters. The Bertz CT molecular complexity index is 516. The molecule has 0 saturated carbocycles. The molecule has 0 aromatic carbocycles. The van der Waals surface area contributed by atoms with E-state index in [0.29, 0.717) is 25.2 Å². The quantitative estimate of drug-likeness (QED) is 0.756. The van der Waals surface area contributed by atoms with Crippen molar-refractivity contribution in [1.29, 1.82) is 0 Å². The van der Waals surface area contributed by atoms with E-state index in [2.05, 4.69) is 10.3 Å². The van der Waals surface area contributed by atoms with Gasteiger partial charge in [0.15, 0.2) is 0 Å². The summed E-state index contributed by atoms with van der Waals surface area (Å²) in [6, 6.07) is 0. The van der Waals surface area contributed by atoms with Crippen molar-refractivity contribution in [1.82, 2.24) is 19.9 Å². The molecule has 2 unspecified atom stereocenters. The van der Waals surface area contributed by atoms with Gasteiger partial charge in [-0.25, -0.2) is 4.68 Å². The maximum absolute atomic E-state index is 12.2. The Kier molecular flexibility index (Phi) is 4.89. The van der Waals surface area contributed by atoms with Crippen LogP contribution in [0.2, 0.25) is 0 Å². The Morgan fingerprint density at radius 2 is 2.33 bits per heavy atom. The molecule has 8 nitrogen and oxygen atoms in total. The lowest BCUT2D eigenvalue weighted by Crippen LogP contribution is -2.45. The Hall–Kier alpha value is -1.96. The number of hydrogen-bond acceptors (Lipinski definition) is 5. The lowest BCUT2D eigenvalue weighted by molar-refractivity contribution is -0.135. The van der Waals surface area contributed by atoms with Gasteiger partial charge in [-0.2, -0.15) is 0 Å². The monoisotopic (exact) mass is 295 g/mol. The first kappa shape index (κ1) is 15.4. The molecule has 1 aromatic heterocycles. The number of amides is 2. The van der Waals surface area contributed by atoms with Crippen molar-refractivity contribution in [3.63, 3.8) is 0 Å². The standard InChI is InChI=1S/C13H21N5O3/c1-2-11(19)10-7-18(16-15-10)8-12(20)17-5-3-4-9(6-17)13(14)21/h7,9,11,19H,2-6,8H2,1H3,(H2,14,21). The molecule has 2 heterocycles. The maximum Gasteiger partial charge on any atom is 0.244 e. The van der Waals surface area contributed by atoms with Crippen molar-refractivity contribution in [3.05, 3.63) is 11.9 Å². The molecule has 21 heavy (non-hydrogen) atoms. The van der Waals surface area contributed by atoms with Crippen LogP contribution in [-0.2, 0) is 16.1 Å². The van der Waals surface area contributed by atoms with E-state index in [1.54, 1.807) is 11.1 Å². The van der Waals surface area contributed by atoms with Crippen LogP contribution < -0.4 is 5.73 Å². The summed E-state index contributed by atoms with van der Waals surface area (Å²) in [5.41, 5.74) is 5.76. The summed E-state index contributed by atoms with van der Waals surface area (Å²) in [6.45, 7) is 2.89. The number of primary amides is 1. The van der Waals surface area contributed by atoms with Crippen molar-refractivity contribution in [2.75, 3.05) is 13.1 Å². The fraction of sp³-hybridized carbons (Fsp3) is 0.692. The van der Waals surface area contributed by atoms with Gasteiger partial charge in [0.2, 0.25) is 11.8 Å². The van der Waals surface area contributed by atoms with Crippen LogP contribution in [0.1, 0.15) is 38.0 Å². The number of aliphatic hydroxyl groups is 1. The molecule has 1 aromatic rings. The molecule has 1 fully saturated rings. The topological polar surface area (TPSA) is 114 Å². The predicted molar refractivity (Wildman–Crippen MR) is 73.8 cm³/mol. The van der Waals surface area contributed by atoms with Gasteiger partial charge < -0.3 is 15.7 Å². The van der Waals surface area contributed by atoms with E-state index in [-0.39, 0.29) is 24.3 Å². The average molecular weight is 295 g/mol. The number of carbonyl (C=O) groups is 2. The van der Waals surface area contributed by atoms with Crippen molar-refractivity contribution >= 4 is 11.8 Å². The average Bonchev–Trinajstić information content (AvgIpc) is 2.95. The smallest absolute Gasteiger partial charge is 0.244 e. The molecular weight excluding hydrogens is 274 g/mol. The van der Waals surface area contributed by atoms with Gasteiger partial charge in [-0.05, 0) is 19.3 Å². The number of aromatic nitrogens is 3. The van der Waals surface area contributed by atoms with Gasteiger partial charge in [0.25, 0.3) is 0 Å². The highest BCUT2D eigenvalue weighted by molar-refractivity contribution is 5.80. The van der Waals surface area contributed by atoms with E-state index in [4.69, 9.17) is 5.73 Å². The molecule has 2 rings (SSSR count). The number of rotatable bonds is 5. The number of hydrogen-bond donors (Lipinski definition) is 2. The fourth-order valence-corrected chi connectivity index (χ4v) is 2.43. The molecule has 116 valence electrons. The number of nitrogens with two attached hydrogens (primary N) is 1. The first-order valence-electron chi connectivity index (χ1n) is 7.16. The zero-order valence-electron chi connectivity index (χ0n) is 12.1. The Labute approximate surface area is 122 Å². The summed E-state index contributed by atoms with van der Waals surface area (Å²) < 4.78 is 1.41. The van der Waals surface area contributed by atoms with Crippen LogP contribution in [-0.4, -0.2) is 49.9 Å². The van der Waals surface area contributed by atoms with E-state index in [1.165, 1.54) is 4.68 Å². The minimum Gasteiger partial charge on any atom is -0.387 e. The number of nitrogens with zero attached hydrogens (tertiary/aromatic N) is 4. The van der Waals surface area contributed by atoms with Crippen LogP contribution in [0.3, 0.4) is 0 Å². The van der Waals surface area contributed by atoms with Crippen LogP contribution in [0.5, 0.6) is 0 Å². The number of aliphatic hydroxyl groups excluding tert-OH is 1. The largest absolute Gasteiger partial charge is 0.387 e. The molecule has 1 aliphatic rings. The third-order valence-corrected chi connectivity index (χ3v) is 3.76. The highest BCUT2D eigenvalue weighted by Gasteiger charge is 2.27. The predicted octanol–water partition coefficient (Wildman–Crippen LogP) is -0.555. The Morgan fingerprint density at radius 1 is 1.57 bits per heavy atom. The van der Waals surface area contributed by atoms with E-state index in [0.717, 1.165) is 12.8 Å². The molecule has 1 aliphatic heterocycles. The highest BCUT2D eigenvalue weighted by Crippen LogP contribution is 2.17. The van der Waals surface area contributed by atoms with Crippen molar-refractivity contribution < 1.29 is 14.7 Å². The minimum absolute atomic E-state index is 0.0505. The van der Waals surface area contributed by atoms with Crippen molar-refractivity contribution in [2.24, 2.45) is 11.7 Å². The van der Waals surface area contributed by atoms with Gasteiger partial charge >= 0.3 is 0 Å². The summed E-state index contributed by atoms with van der Waals surface area (Å²) in [7, 11) is 0. The molecule has 3 N–H and O–H groups in total. The van der Waals surface area contributed by atoms with Crippen LogP contribution in [0.15, 0.2) is 6.20 Å². The highest BCUT2D eigenvalue weighted by atomic mass is 16.3. The third-order valence-electron chi connectivity index (χ3n) is 3.76. The molecule has 0 radical (unpaired) electrons. The summed E-state index contributed by atoms with van der Waals surface area (Å²) in [5.74, 6) is -0.749. The van der Waals surface area contributed by atoms with Gasteiger partial charge in [-0.3, -0.25) is 9.59 Å². The Morgan fingerprint density at radius 3 is 3.00 bits per heavy atom. The normalized spacial score (nSPS) is 20.3. The van der Waals surface area contributed by atoms with E-state index < -0.39 is 6.10 Å². The molecule has 8 heteroatoms. The van der Waals surface area contributed by atoms with Crippen LogP contribution in [0.25, 0.3) is 0 Å². The van der Waals surface area contributed by atoms with E-state index in [9.17, 15) is 14.7 Å². The second-order valence-electron chi connectivity index (χ2n) is 5.35. The SMILES string of the molecule is CCC(O)c1cn(CC(=O)N2CCCC(C(N)=O)C2)nn1. The molecular formula is C13H21N5O3. The zero-order chi connectivity index (χ0) is 15.4. The van der Waals surface area contributed by atoms with E-state index in [1.807, 2.05) is 6.92 Å². The van der Waals surface area contributed by atoms with Crippen molar-refractivity contribution in [2.45, 2.75) is 38.8 Å². The molecule has 0 bridgehead atoms. The third kappa shape index (κ3) is 3.78. The minimum atomic E-state index is -0.664. The van der Waals surface area contributed by atoms with Gasteiger partial charge in [0, 0.05) is 13.1 Å². The van der Waals surface area contributed by atoms with Gasteiger partial charge in [0.05, 0.1) is 18.2 Å². The van der Waals surface area contributed by atoms with Crippen LogP contribution in [0.4, 0.5) is 0 Å². The second kappa shape index (κ2) is 6.66. The summed E-state index contributed by atoms with van der Waals surface area (Å²) in [4.78, 5) is 25.1. The molecule has 0 spiro atoms. The molecule has 2 amide bonds. The Balaban J connectivity index is 1.94. The fourth-order valence-electron chi connectivity index (χ4n) is 2.43.